The van der Waals surface area contributed by atoms with Crippen LogP contribution in [0.25, 0.3) is 11.0 Å². The van der Waals surface area contributed by atoms with Crippen LogP contribution >= 0.6 is 0 Å². The molecular weight excluding hydrogens is 296 g/mol. The van der Waals surface area contributed by atoms with Gasteiger partial charge in [-0.2, -0.15) is 0 Å². The van der Waals surface area contributed by atoms with E-state index in [1.165, 1.54) is 7.11 Å². The number of benzene rings is 1. The van der Waals surface area contributed by atoms with Gasteiger partial charge in [-0.05, 0) is 31.0 Å². The maximum Gasteiger partial charge on any atom is 0.257 e. The summed E-state index contributed by atoms with van der Waals surface area (Å²) in [6, 6.07) is 5.43. The van der Waals surface area contributed by atoms with Gasteiger partial charge in [0, 0.05) is 25.9 Å². The number of rotatable bonds is 5. The first-order valence-electron chi connectivity index (χ1n) is 7.61. The van der Waals surface area contributed by atoms with Crippen LogP contribution in [0.4, 0.5) is 11.5 Å². The Hall–Kier alpha value is -2.41. The van der Waals surface area contributed by atoms with Gasteiger partial charge in [0.1, 0.15) is 6.61 Å². The molecule has 2 aromatic rings. The Morgan fingerprint density at radius 3 is 2.70 bits per heavy atom. The average molecular weight is 316 g/mol. The van der Waals surface area contributed by atoms with Crippen molar-refractivity contribution in [2.45, 2.75) is 12.8 Å². The van der Waals surface area contributed by atoms with E-state index in [0.717, 1.165) is 42.8 Å². The van der Waals surface area contributed by atoms with Crippen LogP contribution in [0.15, 0.2) is 18.2 Å². The van der Waals surface area contributed by atoms with Crippen LogP contribution in [0.2, 0.25) is 0 Å². The quantitative estimate of drug-likeness (QED) is 0.907. The Balaban J connectivity index is 1.95. The highest BCUT2D eigenvalue weighted by molar-refractivity contribution is 5.94. The van der Waals surface area contributed by atoms with Crippen LogP contribution in [0.1, 0.15) is 12.8 Å². The third kappa shape index (κ3) is 3.34. The van der Waals surface area contributed by atoms with Crippen molar-refractivity contribution in [3.05, 3.63) is 18.2 Å². The molecule has 0 bridgehead atoms. The summed E-state index contributed by atoms with van der Waals surface area (Å²) >= 11 is 0. The molecule has 0 radical (unpaired) electrons. The zero-order chi connectivity index (χ0) is 16.2. The van der Waals surface area contributed by atoms with Crippen molar-refractivity contribution < 1.29 is 14.3 Å². The number of amides is 1. The number of hydrogen-bond acceptors (Lipinski definition) is 6. The summed E-state index contributed by atoms with van der Waals surface area (Å²) in [4.78, 5) is 23.0. The second-order valence-electron chi connectivity index (χ2n) is 5.44. The SMILES string of the molecule is COCC(=O)Nc1ccc2nc(OC)c(N3CCCC3)nc2c1. The minimum atomic E-state index is -0.201. The Bertz CT molecular complexity index is 714. The van der Waals surface area contributed by atoms with E-state index in [0.29, 0.717) is 11.6 Å². The van der Waals surface area contributed by atoms with E-state index in [-0.39, 0.29) is 12.5 Å². The van der Waals surface area contributed by atoms with Gasteiger partial charge in [0.15, 0.2) is 5.82 Å². The van der Waals surface area contributed by atoms with Gasteiger partial charge in [-0.3, -0.25) is 4.79 Å². The van der Waals surface area contributed by atoms with Crippen molar-refractivity contribution in [1.29, 1.82) is 0 Å². The normalized spacial score (nSPS) is 14.3. The summed E-state index contributed by atoms with van der Waals surface area (Å²) in [5.41, 5.74) is 2.13. The standard InChI is InChI=1S/C16H20N4O3/c1-22-10-14(21)17-11-5-6-12-13(9-11)18-15(16(19-12)23-2)20-7-3-4-8-20/h5-6,9H,3-4,7-8,10H2,1-2H3,(H,17,21). The lowest BCUT2D eigenvalue weighted by molar-refractivity contribution is -0.119. The molecule has 1 saturated heterocycles. The second-order valence-corrected chi connectivity index (χ2v) is 5.44. The second kappa shape index (κ2) is 6.78. The number of ether oxygens (including phenoxy) is 2. The Morgan fingerprint density at radius 1 is 1.22 bits per heavy atom. The fraction of sp³-hybridized carbons (Fsp3) is 0.438. The number of nitrogens with one attached hydrogen (secondary N) is 1. The molecular formula is C16H20N4O3. The van der Waals surface area contributed by atoms with E-state index in [1.54, 1.807) is 13.2 Å². The Kier molecular flexibility index (Phi) is 4.57. The molecule has 1 aromatic heterocycles. The number of methoxy groups -OCH3 is 2. The maximum absolute atomic E-state index is 11.6. The van der Waals surface area contributed by atoms with Gasteiger partial charge in [-0.15, -0.1) is 0 Å². The lowest BCUT2D eigenvalue weighted by Crippen LogP contribution is -2.20. The third-order valence-electron chi connectivity index (χ3n) is 3.77. The van der Waals surface area contributed by atoms with E-state index in [1.807, 2.05) is 12.1 Å². The molecule has 1 aliphatic rings. The van der Waals surface area contributed by atoms with Crippen LogP contribution in [-0.4, -0.2) is 49.8 Å². The molecule has 1 aliphatic heterocycles. The van der Waals surface area contributed by atoms with Gasteiger partial charge in [-0.1, -0.05) is 0 Å². The van der Waals surface area contributed by atoms with Gasteiger partial charge in [0.25, 0.3) is 5.88 Å². The number of carbonyl (C=O) groups is 1. The van der Waals surface area contributed by atoms with Gasteiger partial charge in [0.2, 0.25) is 5.91 Å². The molecule has 23 heavy (non-hydrogen) atoms. The summed E-state index contributed by atoms with van der Waals surface area (Å²) in [6.07, 6.45) is 2.30. The largest absolute Gasteiger partial charge is 0.478 e. The molecule has 0 atom stereocenters. The summed E-state index contributed by atoms with van der Waals surface area (Å²) in [5, 5.41) is 2.78. The highest BCUT2D eigenvalue weighted by atomic mass is 16.5. The molecule has 0 unspecified atom stereocenters. The van der Waals surface area contributed by atoms with E-state index in [2.05, 4.69) is 15.2 Å². The van der Waals surface area contributed by atoms with Crippen LogP contribution in [-0.2, 0) is 9.53 Å². The number of hydrogen-bond donors (Lipinski definition) is 1. The van der Waals surface area contributed by atoms with E-state index >= 15 is 0 Å². The van der Waals surface area contributed by atoms with Crippen molar-refractivity contribution in [2.24, 2.45) is 0 Å². The molecule has 0 saturated carbocycles. The molecule has 7 nitrogen and oxygen atoms in total. The first-order chi connectivity index (χ1) is 11.2. The van der Waals surface area contributed by atoms with Crippen LogP contribution in [0.3, 0.4) is 0 Å². The number of carbonyl (C=O) groups excluding carboxylic acids is 1. The van der Waals surface area contributed by atoms with Gasteiger partial charge in [-0.25, -0.2) is 9.97 Å². The predicted molar refractivity (Wildman–Crippen MR) is 88.0 cm³/mol. The number of nitrogens with zero attached hydrogens (tertiary/aromatic N) is 3. The van der Waals surface area contributed by atoms with Crippen LogP contribution in [0, 0.1) is 0 Å². The minimum absolute atomic E-state index is 0.0192. The highest BCUT2D eigenvalue weighted by Crippen LogP contribution is 2.30. The fourth-order valence-corrected chi connectivity index (χ4v) is 2.71. The molecule has 3 rings (SSSR count). The zero-order valence-electron chi connectivity index (χ0n) is 13.3. The van der Waals surface area contributed by atoms with Crippen molar-refractivity contribution in [3.8, 4) is 5.88 Å². The summed E-state index contributed by atoms with van der Waals surface area (Å²) in [5.74, 6) is 1.10. The smallest absolute Gasteiger partial charge is 0.257 e. The predicted octanol–water partition coefficient (Wildman–Crippen LogP) is 1.82. The van der Waals surface area contributed by atoms with E-state index < -0.39 is 0 Å². The van der Waals surface area contributed by atoms with Gasteiger partial charge >= 0.3 is 0 Å². The molecule has 122 valence electrons. The van der Waals surface area contributed by atoms with E-state index in [9.17, 15) is 4.79 Å². The summed E-state index contributed by atoms with van der Waals surface area (Å²) < 4.78 is 10.2. The van der Waals surface area contributed by atoms with Crippen LogP contribution < -0.4 is 15.0 Å². The fourth-order valence-electron chi connectivity index (χ4n) is 2.71. The maximum atomic E-state index is 11.6. The molecule has 1 N–H and O–H groups in total. The van der Waals surface area contributed by atoms with Crippen molar-refractivity contribution in [3.63, 3.8) is 0 Å². The lowest BCUT2D eigenvalue weighted by Gasteiger charge is -2.19. The molecule has 1 fully saturated rings. The van der Waals surface area contributed by atoms with E-state index in [4.69, 9.17) is 14.5 Å². The number of aromatic nitrogens is 2. The van der Waals surface area contributed by atoms with Gasteiger partial charge < -0.3 is 19.7 Å². The monoisotopic (exact) mass is 316 g/mol. The number of fused-ring (bicyclic) bond motifs is 1. The number of anilines is 2. The third-order valence-corrected chi connectivity index (χ3v) is 3.77. The molecule has 0 spiro atoms. The Labute approximate surface area is 134 Å². The molecule has 1 amide bonds. The summed E-state index contributed by atoms with van der Waals surface area (Å²) in [7, 11) is 3.09. The topological polar surface area (TPSA) is 76.6 Å². The zero-order valence-corrected chi connectivity index (χ0v) is 13.3. The van der Waals surface area contributed by atoms with Gasteiger partial charge in [0.05, 0.1) is 18.1 Å². The molecule has 2 heterocycles. The van der Waals surface area contributed by atoms with Crippen molar-refractivity contribution >= 4 is 28.4 Å². The summed E-state index contributed by atoms with van der Waals surface area (Å²) in [6.45, 7) is 1.94. The van der Waals surface area contributed by atoms with Crippen molar-refractivity contribution in [2.75, 3.05) is 44.1 Å². The Morgan fingerprint density at radius 2 is 2.00 bits per heavy atom. The first-order valence-corrected chi connectivity index (χ1v) is 7.61. The molecule has 1 aromatic carbocycles. The highest BCUT2D eigenvalue weighted by Gasteiger charge is 2.20. The first kappa shape index (κ1) is 15.5. The lowest BCUT2D eigenvalue weighted by atomic mass is 10.2. The average Bonchev–Trinajstić information content (AvgIpc) is 3.08. The molecule has 7 heteroatoms. The van der Waals surface area contributed by atoms with Crippen LogP contribution in [0.5, 0.6) is 5.88 Å². The van der Waals surface area contributed by atoms with Crippen molar-refractivity contribution in [1.82, 2.24) is 9.97 Å². The minimum Gasteiger partial charge on any atom is -0.478 e. The molecule has 0 aliphatic carbocycles.